The Morgan fingerprint density at radius 3 is 2.02 bits per heavy atom. The molecule has 0 saturated carbocycles. The number of hydrogen-bond acceptors (Lipinski definition) is 13. The molecule has 1 unspecified atom stereocenters. The summed E-state index contributed by atoms with van der Waals surface area (Å²) in [6, 6.07) is 18.6. The third-order valence-corrected chi connectivity index (χ3v) is 9.11. The number of aliphatic hydroxyl groups is 1. The van der Waals surface area contributed by atoms with Crippen LogP contribution in [0, 0.1) is 0 Å². The summed E-state index contributed by atoms with van der Waals surface area (Å²) in [5.41, 5.74) is 2.77. The highest BCUT2D eigenvalue weighted by Crippen LogP contribution is 2.34. The number of aromatic nitrogens is 4. The van der Waals surface area contributed by atoms with Gasteiger partial charge in [-0.3, -0.25) is 0 Å². The van der Waals surface area contributed by atoms with Crippen LogP contribution in [-0.2, 0) is 17.8 Å². The van der Waals surface area contributed by atoms with Crippen molar-refractivity contribution in [2.75, 3.05) is 46.6 Å². The van der Waals surface area contributed by atoms with E-state index in [1.807, 2.05) is 69.0 Å². The molecule has 5 rings (SSSR count). The molecule has 0 aliphatic rings. The number of amides is 1. The molecule has 0 spiro atoms. The molecular weight excluding hydrogens is 745 g/mol. The van der Waals surface area contributed by atoms with Gasteiger partial charge in [-0.1, -0.05) is 25.5 Å². The first-order valence-electron chi connectivity index (χ1n) is 19.3. The highest BCUT2D eigenvalue weighted by atomic mass is 16.6. The van der Waals surface area contributed by atoms with Crippen LogP contribution in [0.3, 0.4) is 0 Å². The Morgan fingerprint density at radius 1 is 0.862 bits per heavy atom. The average Bonchev–Trinajstić information content (AvgIpc) is 3.63. The summed E-state index contributed by atoms with van der Waals surface area (Å²) in [4.78, 5) is 23.7. The van der Waals surface area contributed by atoms with E-state index in [2.05, 4.69) is 12.2 Å². The van der Waals surface area contributed by atoms with Crippen LogP contribution >= 0.6 is 0 Å². The molecule has 2 atom stereocenters. The number of aliphatic hydroxyl groups excluding tert-OH is 1. The van der Waals surface area contributed by atoms with E-state index in [1.54, 1.807) is 63.4 Å². The van der Waals surface area contributed by atoms with E-state index in [9.17, 15) is 9.90 Å². The van der Waals surface area contributed by atoms with Gasteiger partial charge in [0, 0.05) is 48.3 Å². The number of nitrogens with zero attached hydrogens (tertiary/aromatic N) is 5. The first-order valence-corrected chi connectivity index (χ1v) is 19.3. The molecule has 5 aromatic rings. The lowest BCUT2D eigenvalue weighted by molar-refractivity contribution is 0.130. The predicted molar refractivity (Wildman–Crippen MR) is 220 cm³/mol. The number of rotatable bonds is 20. The average molecular weight is 801 g/mol. The van der Waals surface area contributed by atoms with Crippen LogP contribution in [-0.4, -0.2) is 84.1 Å². The summed E-state index contributed by atoms with van der Waals surface area (Å²) in [7, 11) is 6.45. The number of hydrogen-bond donors (Lipinski definition) is 2. The van der Waals surface area contributed by atoms with Crippen LogP contribution in [0.15, 0.2) is 66.9 Å². The fourth-order valence-corrected chi connectivity index (χ4v) is 6.21. The second kappa shape index (κ2) is 19.9. The van der Waals surface area contributed by atoms with Crippen molar-refractivity contribution in [1.82, 2.24) is 24.9 Å². The van der Waals surface area contributed by atoms with Crippen molar-refractivity contribution < 1.29 is 43.1 Å². The summed E-state index contributed by atoms with van der Waals surface area (Å²) in [6.45, 7) is 11.0. The maximum atomic E-state index is 11.9. The quantitative estimate of drug-likeness (QED) is 0.0756. The topological polar surface area (TPSA) is 160 Å². The molecule has 0 fully saturated rings. The smallest absolute Gasteiger partial charge is 0.407 e. The standard InChI is InChI=1S/C43H56N6O9/c1-10-12-28(2)58-41-45-40(48(26-30-15-19-33(52-6)23-36(30)54-8)27-31-16-20-34(53-7)24-37(31)55-9)39-44-25-35(49(39)47-41)38(50)29-13-17-32(18-14-29)56-21-11-22-57-42(51)46-43(3,4)5/h13-20,23-25,28,38,50H,10-12,21-22,26-27H2,1-9H3,(H,46,51)/t28-,38?/m0/s1. The van der Waals surface area contributed by atoms with Gasteiger partial charge in [0.1, 0.15) is 34.9 Å². The number of ether oxygens (including phenoxy) is 7. The maximum Gasteiger partial charge on any atom is 0.407 e. The third kappa shape index (κ3) is 11.3. The zero-order valence-electron chi connectivity index (χ0n) is 34.9. The molecule has 0 radical (unpaired) electrons. The van der Waals surface area contributed by atoms with Crippen LogP contribution in [0.5, 0.6) is 34.8 Å². The highest BCUT2D eigenvalue weighted by Gasteiger charge is 2.26. The molecule has 3 aromatic carbocycles. The Balaban J connectivity index is 1.48. The second-order valence-electron chi connectivity index (χ2n) is 14.7. The monoisotopic (exact) mass is 800 g/mol. The zero-order valence-corrected chi connectivity index (χ0v) is 34.9. The highest BCUT2D eigenvalue weighted by molar-refractivity contribution is 5.68. The lowest BCUT2D eigenvalue weighted by Gasteiger charge is -2.27. The fourth-order valence-electron chi connectivity index (χ4n) is 6.21. The minimum atomic E-state index is -1.11. The Hall–Kier alpha value is -5.96. The van der Waals surface area contributed by atoms with Crippen molar-refractivity contribution in [3.05, 3.63) is 89.2 Å². The van der Waals surface area contributed by atoms with Gasteiger partial charge in [0.25, 0.3) is 0 Å². The molecule has 0 aliphatic carbocycles. The van der Waals surface area contributed by atoms with Crippen LogP contribution in [0.25, 0.3) is 5.65 Å². The van der Waals surface area contributed by atoms with Crippen molar-refractivity contribution in [3.63, 3.8) is 0 Å². The zero-order chi connectivity index (χ0) is 41.8. The number of fused-ring (bicyclic) bond motifs is 1. The predicted octanol–water partition coefficient (Wildman–Crippen LogP) is 7.31. The van der Waals surface area contributed by atoms with Crippen LogP contribution < -0.4 is 38.6 Å². The van der Waals surface area contributed by atoms with E-state index in [1.165, 1.54) is 0 Å². The number of benzene rings is 3. The minimum Gasteiger partial charge on any atom is -0.497 e. The lowest BCUT2D eigenvalue weighted by Crippen LogP contribution is -2.41. The van der Waals surface area contributed by atoms with Crippen molar-refractivity contribution in [1.29, 1.82) is 0 Å². The number of nitrogens with one attached hydrogen (secondary N) is 1. The van der Waals surface area contributed by atoms with Gasteiger partial charge >= 0.3 is 12.1 Å². The molecule has 2 N–H and O–H groups in total. The van der Waals surface area contributed by atoms with E-state index in [0.717, 1.165) is 24.0 Å². The number of methoxy groups -OCH3 is 4. The van der Waals surface area contributed by atoms with Gasteiger partial charge in [0.05, 0.1) is 59.6 Å². The Kier molecular flexibility index (Phi) is 14.8. The van der Waals surface area contributed by atoms with Crippen LogP contribution in [0.4, 0.5) is 10.6 Å². The lowest BCUT2D eigenvalue weighted by atomic mass is 10.1. The third-order valence-electron chi connectivity index (χ3n) is 9.11. The summed E-state index contributed by atoms with van der Waals surface area (Å²) in [5, 5.41) is 19.3. The molecule has 58 heavy (non-hydrogen) atoms. The Labute approximate surface area is 340 Å². The minimum absolute atomic E-state index is 0.131. The SMILES string of the molecule is CCC[C@H](C)Oc1nc(N(Cc2ccc(OC)cc2OC)Cc2ccc(OC)cc2OC)c2ncc(C(O)c3ccc(OCCCOC(=O)NC(C)(C)C)cc3)n2n1. The molecule has 15 nitrogen and oxygen atoms in total. The van der Waals surface area contributed by atoms with Gasteiger partial charge in [0.15, 0.2) is 11.5 Å². The number of anilines is 1. The molecule has 15 heteroatoms. The summed E-state index contributed by atoms with van der Waals surface area (Å²) >= 11 is 0. The van der Waals surface area contributed by atoms with Crippen molar-refractivity contribution in [2.45, 2.75) is 84.7 Å². The van der Waals surface area contributed by atoms with Crippen molar-refractivity contribution in [3.8, 4) is 34.8 Å². The molecular formula is C43H56N6O9. The summed E-state index contributed by atoms with van der Waals surface area (Å²) < 4.78 is 41.5. The number of carbonyl (C=O) groups is 1. The fraction of sp³-hybridized carbons (Fsp3) is 0.442. The maximum absolute atomic E-state index is 11.9. The van der Waals surface area contributed by atoms with Gasteiger partial charge in [0.2, 0.25) is 0 Å². The molecule has 1 amide bonds. The van der Waals surface area contributed by atoms with Gasteiger partial charge in [-0.15, -0.1) is 5.10 Å². The van der Waals surface area contributed by atoms with E-state index >= 15 is 0 Å². The van der Waals surface area contributed by atoms with Crippen LogP contribution in [0.2, 0.25) is 0 Å². The Morgan fingerprint density at radius 2 is 1.47 bits per heavy atom. The number of imidazole rings is 1. The summed E-state index contributed by atoms with van der Waals surface area (Å²) in [6.07, 6.45) is 2.06. The van der Waals surface area contributed by atoms with Crippen molar-refractivity contribution >= 4 is 17.6 Å². The van der Waals surface area contributed by atoms with E-state index < -0.39 is 12.2 Å². The van der Waals surface area contributed by atoms with Gasteiger partial charge in [-0.05, 0) is 76.1 Å². The van der Waals surface area contributed by atoms with Gasteiger partial charge in [-0.2, -0.15) is 4.98 Å². The molecule has 0 aliphatic heterocycles. The van der Waals surface area contributed by atoms with E-state index in [0.29, 0.717) is 77.6 Å². The molecule has 0 saturated heterocycles. The second-order valence-corrected chi connectivity index (χ2v) is 14.7. The summed E-state index contributed by atoms with van der Waals surface area (Å²) in [5.74, 6) is 3.66. The molecule has 2 heterocycles. The van der Waals surface area contributed by atoms with E-state index in [-0.39, 0.29) is 24.3 Å². The first-order chi connectivity index (χ1) is 27.9. The normalized spacial score (nSPS) is 12.4. The molecule has 312 valence electrons. The molecule has 0 bridgehead atoms. The number of carbonyl (C=O) groups excluding carboxylic acids is 1. The van der Waals surface area contributed by atoms with Gasteiger partial charge in [-0.25, -0.2) is 14.3 Å². The largest absolute Gasteiger partial charge is 0.497 e. The molecule has 2 aromatic heterocycles. The first kappa shape index (κ1) is 43.2. The van der Waals surface area contributed by atoms with Gasteiger partial charge < -0.3 is 48.5 Å². The van der Waals surface area contributed by atoms with Crippen molar-refractivity contribution in [2.24, 2.45) is 0 Å². The van der Waals surface area contributed by atoms with Crippen LogP contribution in [0.1, 0.15) is 82.4 Å². The Bertz CT molecular complexity index is 2040. The van der Waals surface area contributed by atoms with E-state index in [4.69, 9.17) is 48.2 Å². The number of alkyl carbamates (subject to hydrolysis) is 1.